The van der Waals surface area contributed by atoms with E-state index in [9.17, 15) is 22.0 Å². The molecule has 0 heterocycles. The standard InChI is InChI=1S/C12H21F5O/c1-7-10(5,6)11(15,16)12(17,9(2,3)4)18-8(13)14/h8H,7H2,1-6H3. The first-order chi connectivity index (χ1) is 7.73. The van der Waals surface area contributed by atoms with Gasteiger partial charge in [-0.25, -0.2) is 4.39 Å². The fourth-order valence-electron chi connectivity index (χ4n) is 1.50. The second kappa shape index (κ2) is 4.94. The molecule has 1 unspecified atom stereocenters. The third kappa shape index (κ3) is 2.78. The van der Waals surface area contributed by atoms with Gasteiger partial charge < -0.3 is 0 Å². The van der Waals surface area contributed by atoms with E-state index in [-0.39, 0.29) is 6.42 Å². The molecule has 6 heteroatoms. The lowest BCUT2D eigenvalue weighted by atomic mass is 9.71. The Morgan fingerprint density at radius 3 is 1.56 bits per heavy atom. The van der Waals surface area contributed by atoms with Crippen molar-refractivity contribution in [2.24, 2.45) is 10.8 Å². The van der Waals surface area contributed by atoms with Gasteiger partial charge in [-0.1, -0.05) is 41.5 Å². The van der Waals surface area contributed by atoms with Crippen molar-refractivity contribution in [3.63, 3.8) is 0 Å². The summed E-state index contributed by atoms with van der Waals surface area (Å²) in [5.41, 5.74) is -3.59. The van der Waals surface area contributed by atoms with Gasteiger partial charge in [0.15, 0.2) is 0 Å². The van der Waals surface area contributed by atoms with Crippen molar-refractivity contribution in [1.82, 2.24) is 0 Å². The van der Waals surface area contributed by atoms with E-state index >= 15 is 0 Å². The molecule has 0 aromatic heterocycles. The summed E-state index contributed by atoms with van der Waals surface area (Å²) in [4.78, 5) is 0. The molecule has 110 valence electrons. The van der Waals surface area contributed by atoms with Crippen LogP contribution in [0.1, 0.15) is 48.0 Å². The van der Waals surface area contributed by atoms with Gasteiger partial charge in [0.2, 0.25) is 0 Å². The van der Waals surface area contributed by atoms with Crippen LogP contribution in [0.25, 0.3) is 0 Å². The first-order valence-electron chi connectivity index (χ1n) is 5.75. The number of hydrogen-bond donors (Lipinski definition) is 0. The molecule has 0 fully saturated rings. The van der Waals surface area contributed by atoms with E-state index in [0.29, 0.717) is 0 Å². The number of halogens is 5. The normalized spacial score (nSPS) is 18.0. The van der Waals surface area contributed by atoms with Crippen LogP contribution in [0.5, 0.6) is 0 Å². The third-order valence-corrected chi connectivity index (χ3v) is 3.35. The van der Waals surface area contributed by atoms with Crippen LogP contribution in [-0.2, 0) is 4.74 Å². The Bertz CT molecular complexity index is 283. The highest BCUT2D eigenvalue weighted by Gasteiger charge is 2.69. The number of hydrogen-bond acceptors (Lipinski definition) is 1. The molecule has 1 atom stereocenters. The Labute approximate surface area is 105 Å². The van der Waals surface area contributed by atoms with E-state index in [4.69, 9.17) is 0 Å². The maximum atomic E-state index is 14.6. The van der Waals surface area contributed by atoms with Gasteiger partial charge in [0.25, 0.3) is 5.85 Å². The van der Waals surface area contributed by atoms with Crippen molar-refractivity contribution in [2.75, 3.05) is 0 Å². The van der Waals surface area contributed by atoms with Crippen LogP contribution < -0.4 is 0 Å². The van der Waals surface area contributed by atoms with Gasteiger partial charge in [0, 0.05) is 10.8 Å². The summed E-state index contributed by atoms with van der Waals surface area (Å²) >= 11 is 0. The maximum Gasteiger partial charge on any atom is 0.348 e. The van der Waals surface area contributed by atoms with Gasteiger partial charge in [-0.2, -0.15) is 17.6 Å². The van der Waals surface area contributed by atoms with Crippen molar-refractivity contribution >= 4 is 0 Å². The lowest BCUT2D eigenvalue weighted by molar-refractivity contribution is -0.393. The minimum absolute atomic E-state index is 0.0751. The molecule has 0 rings (SSSR count). The lowest BCUT2D eigenvalue weighted by Crippen LogP contribution is -2.62. The minimum atomic E-state index is -4.05. The zero-order valence-corrected chi connectivity index (χ0v) is 11.6. The van der Waals surface area contributed by atoms with E-state index < -0.39 is 29.2 Å². The predicted molar refractivity (Wildman–Crippen MR) is 59.4 cm³/mol. The second-order valence-electron chi connectivity index (χ2n) is 6.04. The summed E-state index contributed by atoms with van der Waals surface area (Å²) in [5.74, 6) is -7.79. The Balaban J connectivity index is 5.74. The Morgan fingerprint density at radius 2 is 1.33 bits per heavy atom. The van der Waals surface area contributed by atoms with E-state index in [1.165, 1.54) is 6.92 Å². The summed E-state index contributed by atoms with van der Waals surface area (Å²) in [5, 5.41) is 0. The molecule has 0 aliphatic rings. The van der Waals surface area contributed by atoms with Gasteiger partial charge in [0.1, 0.15) is 0 Å². The summed E-state index contributed by atoms with van der Waals surface area (Å²) < 4.78 is 71.4. The zero-order chi connectivity index (χ0) is 15.0. The Kier molecular flexibility index (Phi) is 4.84. The molecule has 18 heavy (non-hydrogen) atoms. The summed E-state index contributed by atoms with van der Waals surface area (Å²) in [6.07, 6.45) is -0.0751. The molecule has 0 aromatic carbocycles. The summed E-state index contributed by atoms with van der Waals surface area (Å²) in [6.45, 7) is 3.41. The molecule has 0 radical (unpaired) electrons. The first kappa shape index (κ1) is 17.6. The highest BCUT2D eigenvalue weighted by atomic mass is 19.3. The van der Waals surface area contributed by atoms with E-state index in [0.717, 1.165) is 34.6 Å². The van der Waals surface area contributed by atoms with Crippen molar-refractivity contribution < 1.29 is 26.7 Å². The smallest absolute Gasteiger partial charge is 0.279 e. The molecule has 0 aliphatic carbocycles. The van der Waals surface area contributed by atoms with Crippen molar-refractivity contribution in [1.29, 1.82) is 0 Å². The van der Waals surface area contributed by atoms with Crippen molar-refractivity contribution in [2.45, 2.75) is 66.4 Å². The molecule has 0 amide bonds. The van der Waals surface area contributed by atoms with Crippen LogP contribution >= 0.6 is 0 Å². The van der Waals surface area contributed by atoms with Crippen LogP contribution in [0, 0.1) is 10.8 Å². The molecular weight excluding hydrogens is 255 g/mol. The summed E-state index contributed by atoms with van der Waals surface area (Å²) in [6, 6.07) is 0. The molecule has 0 N–H and O–H groups in total. The van der Waals surface area contributed by atoms with Gasteiger partial charge in [-0.05, 0) is 6.42 Å². The van der Waals surface area contributed by atoms with Crippen LogP contribution in [0.15, 0.2) is 0 Å². The van der Waals surface area contributed by atoms with E-state index in [2.05, 4.69) is 4.74 Å². The fraction of sp³-hybridized carbons (Fsp3) is 1.00. The molecule has 1 nitrogen and oxygen atoms in total. The summed E-state index contributed by atoms with van der Waals surface area (Å²) in [7, 11) is 0. The van der Waals surface area contributed by atoms with Crippen molar-refractivity contribution in [3.8, 4) is 0 Å². The van der Waals surface area contributed by atoms with Gasteiger partial charge >= 0.3 is 12.5 Å². The average Bonchev–Trinajstić information content (AvgIpc) is 2.14. The Morgan fingerprint density at radius 1 is 0.944 bits per heavy atom. The monoisotopic (exact) mass is 276 g/mol. The highest BCUT2D eigenvalue weighted by molar-refractivity contribution is 5.02. The predicted octanol–water partition coefficient (Wildman–Crippen LogP) is 5.01. The Hall–Kier alpha value is -0.390. The molecule has 0 aromatic rings. The van der Waals surface area contributed by atoms with Gasteiger partial charge in [-0.15, -0.1) is 0 Å². The van der Waals surface area contributed by atoms with E-state index in [1.54, 1.807) is 0 Å². The maximum absolute atomic E-state index is 14.6. The molecule has 0 saturated heterocycles. The van der Waals surface area contributed by atoms with Crippen LogP contribution in [0.3, 0.4) is 0 Å². The van der Waals surface area contributed by atoms with E-state index in [1.807, 2.05) is 0 Å². The van der Waals surface area contributed by atoms with Gasteiger partial charge in [-0.3, -0.25) is 4.74 Å². The molecule has 0 saturated carbocycles. The quantitative estimate of drug-likeness (QED) is 0.641. The number of rotatable bonds is 5. The zero-order valence-electron chi connectivity index (χ0n) is 11.6. The lowest BCUT2D eigenvalue weighted by Gasteiger charge is -2.48. The van der Waals surface area contributed by atoms with Crippen LogP contribution in [0.4, 0.5) is 22.0 Å². The second-order valence-corrected chi connectivity index (χ2v) is 6.04. The van der Waals surface area contributed by atoms with Gasteiger partial charge in [0.05, 0.1) is 0 Å². The number of ether oxygens (including phenoxy) is 1. The fourth-order valence-corrected chi connectivity index (χ4v) is 1.50. The third-order valence-electron chi connectivity index (χ3n) is 3.35. The minimum Gasteiger partial charge on any atom is -0.279 e. The van der Waals surface area contributed by atoms with Crippen LogP contribution in [0.2, 0.25) is 0 Å². The SMILES string of the molecule is CCC(C)(C)C(F)(F)C(F)(OC(F)F)C(C)(C)C. The first-order valence-corrected chi connectivity index (χ1v) is 5.75. The largest absolute Gasteiger partial charge is 0.348 e. The topological polar surface area (TPSA) is 9.23 Å². The molecular formula is C12H21F5O. The molecule has 0 spiro atoms. The number of alkyl halides is 5. The van der Waals surface area contributed by atoms with Crippen molar-refractivity contribution in [3.05, 3.63) is 0 Å². The van der Waals surface area contributed by atoms with Crippen LogP contribution in [-0.4, -0.2) is 18.4 Å². The highest BCUT2D eigenvalue weighted by Crippen LogP contribution is 2.55. The molecule has 0 bridgehead atoms. The molecule has 0 aliphatic heterocycles. The average molecular weight is 276 g/mol.